The van der Waals surface area contributed by atoms with Crippen LogP contribution in [0.3, 0.4) is 0 Å². The normalized spacial score (nSPS) is 18.2. The number of hydrogen-bond acceptors (Lipinski definition) is 4. The molecule has 2 aromatic rings. The lowest BCUT2D eigenvalue weighted by atomic mass is 10.0. The smallest absolute Gasteiger partial charge is 0.270 e. The highest BCUT2D eigenvalue weighted by Gasteiger charge is 2.28. The second kappa shape index (κ2) is 7.67. The van der Waals surface area contributed by atoms with Crippen LogP contribution < -0.4 is 9.46 Å². The first-order valence-electron chi connectivity index (χ1n) is 8.88. The third-order valence-electron chi connectivity index (χ3n) is 4.60. The summed E-state index contributed by atoms with van der Waals surface area (Å²) >= 11 is 0. The van der Waals surface area contributed by atoms with Crippen LogP contribution in [0.15, 0.2) is 24.3 Å². The van der Waals surface area contributed by atoms with Crippen LogP contribution in [0.25, 0.3) is 10.9 Å². The highest BCUT2D eigenvalue weighted by Crippen LogP contribution is 2.24. The summed E-state index contributed by atoms with van der Waals surface area (Å²) in [6.45, 7) is 3.39. The topological polar surface area (TPSA) is 91.5 Å². The summed E-state index contributed by atoms with van der Waals surface area (Å²) in [7, 11) is -3.28. The first-order chi connectivity index (χ1) is 12.4. The van der Waals surface area contributed by atoms with E-state index in [9.17, 15) is 13.2 Å². The molecule has 0 bridgehead atoms. The summed E-state index contributed by atoms with van der Waals surface area (Å²) in [6.07, 6.45) is 3.85. The van der Waals surface area contributed by atoms with Crippen LogP contribution in [0.1, 0.15) is 36.7 Å². The molecule has 1 aliphatic heterocycles. The minimum atomic E-state index is -3.28. The van der Waals surface area contributed by atoms with Crippen molar-refractivity contribution in [2.45, 2.75) is 32.2 Å². The van der Waals surface area contributed by atoms with Gasteiger partial charge in [0.15, 0.2) is 0 Å². The van der Waals surface area contributed by atoms with E-state index in [4.69, 9.17) is 4.74 Å². The summed E-state index contributed by atoms with van der Waals surface area (Å²) in [4.78, 5) is 17.9. The number of nitrogens with one attached hydrogen (secondary N) is 2. The second-order valence-corrected chi connectivity index (χ2v) is 8.47. The molecular weight excluding hydrogens is 354 g/mol. The fraction of sp³-hybridized carbons (Fsp3) is 0.500. The van der Waals surface area contributed by atoms with Crippen molar-refractivity contribution >= 4 is 26.8 Å². The molecule has 2 heterocycles. The molecule has 1 atom stereocenters. The van der Waals surface area contributed by atoms with Crippen molar-refractivity contribution < 1.29 is 17.9 Å². The van der Waals surface area contributed by atoms with Crippen LogP contribution in [0.2, 0.25) is 0 Å². The second-order valence-electron chi connectivity index (χ2n) is 6.63. The number of sulfonamides is 1. The molecule has 1 fully saturated rings. The fourth-order valence-corrected chi connectivity index (χ4v) is 3.86. The van der Waals surface area contributed by atoms with Crippen LogP contribution in [0.4, 0.5) is 0 Å². The van der Waals surface area contributed by atoms with Crippen LogP contribution in [0, 0.1) is 0 Å². The predicted octanol–water partition coefficient (Wildman–Crippen LogP) is 2.11. The maximum atomic E-state index is 13.0. The summed E-state index contributed by atoms with van der Waals surface area (Å²) in [6, 6.07) is 7.40. The Morgan fingerprint density at radius 3 is 2.88 bits per heavy atom. The maximum Gasteiger partial charge on any atom is 0.270 e. The Morgan fingerprint density at radius 1 is 1.35 bits per heavy atom. The zero-order chi connectivity index (χ0) is 18.7. The fourth-order valence-electron chi connectivity index (χ4n) is 3.36. The van der Waals surface area contributed by atoms with Gasteiger partial charge >= 0.3 is 0 Å². The molecule has 1 saturated heterocycles. The van der Waals surface area contributed by atoms with E-state index >= 15 is 0 Å². The third-order valence-corrected chi connectivity index (χ3v) is 5.30. The minimum absolute atomic E-state index is 0.0980. The Balaban J connectivity index is 1.80. The zero-order valence-electron chi connectivity index (χ0n) is 15.1. The molecule has 0 spiro atoms. The van der Waals surface area contributed by atoms with Gasteiger partial charge < -0.3 is 14.6 Å². The first-order valence-corrected chi connectivity index (χ1v) is 10.8. The molecule has 1 aromatic carbocycles. The zero-order valence-corrected chi connectivity index (χ0v) is 15.9. The Kier molecular flexibility index (Phi) is 5.52. The van der Waals surface area contributed by atoms with Gasteiger partial charge in [-0.15, -0.1) is 0 Å². The van der Waals surface area contributed by atoms with E-state index in [1.165, 1.54) is 0 Å². The van der Waals surface area contributed by atoms with E-state index in [1.807, 2.05) is 31.2 Å². The number of amides is 1. The van der Waals surface area contributed by atoms with Gasteiger partial charge in [-0.3, -0.25) is 4.79 Å². The number of rotatable bonds is 6. The molecule has 7 nitrogen and oxygen atoms in total. The third kappa shape index (κ3) is 4.37. The van der Waals surface area contributed by atoms with Crippen LogP contribution in [-0.2, 0) is 10.0 Å². The van der Waals surface area contributed by atoms with E-state index in [0.29, 0.717) is 18.8 Å². The summed E-state index contributed by atoms with van der Waals surface area (Å²) in [5, 5.41) is 0.944. The number of ether oxygens (including phenoxy) is 1. The minimum Gasteiger partial charge on any atom is -0.494 e. The number of nitrogens with zero attached hydrogens (tertiary/aromatic N) is 1. The molecule has 142 valence electrons. The van der Waals surface area contributed by atoms with E-state index in [-0.39, 0.29) is 18.5 Å². The van der Waals surface area contributed by atoms with Crippen LogP contribution in [-0.4, -0.2) is 56.2 Å². The number of H-pyrrole nitrogens is 1. The molecule has 8 heteroatoms. The van der Waals surface area contributed by atoms with Gasteiger partial charge in [0.2, 0.25) is 10.0 Å². The SMILES string of the molecule is CCOc1ccc2cc(C(=O)N3CCCCC3CNS(C)(=O)=O)[nH]c2c1. The molecule has 1 unspecified atom stereocenters. The van der Waals surface area contributed by atoms with Gasteiger partial charge in [0.1, 0.15) is 11.4 Å². The molecular formula is C18H25N3O4S. The van der Waals surface area contributed by atoms with Crippen molar-refractivity contribution in [2.75, 3.05) is 26.0 Å². The van der Waals surface area contributed by atoms with Gasteiger partial charge in [-0.1, -0.05) is 0 Å². The van der Waals surface area contributed by atoms with Gasteiger partial charge in [0.25, 0.3) is 5.91 Å². The van der Waals surface area contributed by atoms with E-state index in [1.54, 1.807) is 4.90 Å². The molecule has 1 aliphatic rings. The van der Waals surface area contributed by atoms with Crippen molar-refractivity contribution in [3.63, 3.8) is 0 Å². The number of aromatic amines is 1. The highest BCUT2D eigenvalue weighted by molar-refractivity contribution is 7.88. The van der Waals surface area contributed by atoms with Crippen molar-refractivity contribution in [3.8, 4) is 5.75 Å². The number of fused-ring (bicyclic) bond motifs is 1. The number of benzene rings is 1. The van der Waals surface area contributed by atoms with Gasteiger partial charge in [-0.2, -0.15) is 0 Å². The molecule has 0 aliphatic carbocycles. The Hall–Kier alpha value is -2.06. The lowest BCUT2D eigenvalue weighted by Gasteiger charge is -2.35. The number of carbonyl (C=O) groups excluding carboxylic acids is 1. The largest absolute Gasteiger partial charge is 0.494 e. The van der Waals surface area contributed by atoms with E-state index in [0.717, 1.165) is 42.2 Å². The lowest BCUT2D eigenvalue weighted by molar-refractivity contribution is 0.0613. The number of likely N-dealkylation sites (tertiary alicyclic amines) is 1. The van der Waals surface area contributed by atoms with Crippen LogP contribution in [0.5, 0.6) is 5.75 Å². The van der Waals surface area contributed by atoms with Gasteiger partial charge in [-0.05, 0) is 44.4 Å². The van der Waals surface area contributed by atoms with Crippen molar-refractivity contribution in [3.05, 3.63) is 30.0 Å². The highest BCUT2D eigenvalue weighted by atomic mass is 32.2. The quantitative estimate of drug-likeness (QED) is 0.804. The average molecular weight is 379 g/mol. The van der Waals surface area contributed by atoms with Crippen molar-refractivity contribution in [1.29, 1.82) is 0 Å². The maximum absolute atomic E-state index is 13.0. The van der Waals surface area contributed by atoms with Crippen molar-refractivity contribution in [2.24, 2.45) is 0 Å². The molecule has 0 radical (unpaired) electrons. The molecule has 0 saturated carbocycles. The number of carbonyl (C=O) groups is 1. The standard InChI is InChI=1S/C18H25N3O4S/c1-3-25-15-8-7-13-10-17(20-16(13)11-15)18(22)21-9-5-4-6-14(21)12-19-26(2,23)24/h7-8,10-11,14,19-20H,3-6,9,12H2,1-2H3. The Bertz CT molecular complexity index is 891. The summed E-state index contributed by atoms with van der Waals surface area (Å²) in [5.41, 5.74) is 1.36. The van der Waals surface area contributed by atoms with Gasteiger partial charge in [0, 0.05) is 36.1 Å². The summed E-state index contributed by atoms with van der Waals surface area (Å²) < 4.78 is 30.8. The predicted molar refractivity (Wildman–Crippen MR) is 101 cm³/mol. The number of aromatic nitrogens is 1. The Morgan fingerprint density at radius 2 is 2.15 bits per heavy atom. The van der Waals surface area contributed by atoms with Gasteiger partial charge in [0.05, 0.1) is 12.9 Å². The first kappa shape index (κ1) is 18.7. The van der Waals surface area contributed by atoms with Crippen molar-refractivity contribution in [1.82, 2.24) is 14.6 Å². The number of piperidine rings is 1. The van der Waals surface area contributed by atoms with Gasteiger partial charge in [-0.25, -0.2) is 13.1 Å². The lowest BCUT2D eigenvalue weighted by Crippen LogP contribution is -2.49. The monoisotopic (exact) mass is 379 g/mol. The number of hydrogen-bond donors (Lipinski definition) is 2. The molecule has 26 heavy (non-hydrogen) atoms. The summed E-state index contributed by atoms with van der Waals surface area (Å²) in [5.74, 6) is 0.660. The molecule has 1 amide bonds. The van der Waals surface area contributed by atoms with E-state index in [2.05, 4.69) is 9.71 Å². The van der Waals surface area contributed by atoms with E-state index < -0.39 is 10.0 Å². The van der Waals surface area contributed by atoms with Crippen LogP contribution >= 0.6 is 0 Å². The molecule has 2 N–H and O–H groups in total. The molecule has 3 rings (SSSR count). The molecule has 1 aromatic heterocycles. The average Bonchev–Trinajstić information content (AvgIpc) is 3.02. The Labute approximate surface area is 153 Å².